The molecule has 4 nitrogen and oxygen atoms in total. The van der Waals surface area contributed by atoms with Gasteiger partial charge in [0.15, 0.2) is 5.84 Å². The maximum atomic E-state index is 13.9. The van der Waals surface area contributed by atoms with Gasteiger partial charge in [0.25, 0.3) is 0 Å². The van der Waals surface area contributed by atoms with Gasteiger partial charge in [0.2, 0.25) is 0 Å². The molecule has 0 aliphatic heterocycles. The predicted molar refractivity (Wildman–Crippen MR) is 78.5 cm³/mol. The molecule has 0 aliphatic carbocycles. The van der Waals surface area contributed by atoms with Crippen LogP contribution in [0.5, 0.6) is 0 Å². The van der Waals surface area contributed by atoms with E-state index in [9.17, 15) is 4.39 Å². The van der Waals surface area contributed by atoms with Crippen LogP contribution in [0.1, 0.15) is 29.0 Å². The Kier molecular flexibility index (Phi) is 4.70. The van der Waals surface area contributed by atoms with Crippen molar-refractivity contribution in [3.63, 3.8) is 0 Å². The van der Waals surface area contributed by atoms with Crippen molar-refractivity contribution < 1.29 is 9.60 Å². The Morgan fingerprint density at radius 1 is 1.50 bits per heavy atom. The van der Waals surface area contributed by atoms with Gasteiger partial charge in [-0.05, 0) is 24.4 Å². The van der Waals surface area contributed by atoms with E-state index in [4.69, 9.17) is 10.9 Å². The third-order valence-corrected chi connectivity index (χ3v) is 4.08. The van der Waals surface area contributed by atoms with Crippen molar-refractivity contribution in [2.75, 3.05) is 0 Å². The van der Waals surface area contributed by atoms with E-state index in [1.807, 2.05) is 24.4 Å². The van der Waals surface area contributed by atoms with Gasteiger partial charge in [-0.25, -0.2) is 4.39 Å². The molecule has 106 valence electrons. The standard InChI is InChI=1S/C14H16FN3OS/c1-9(13-3-2-6-20-13)17-8-11-5-4-10(7-12(11)15)14(16)18-19/h2-7,9,17,19H,8H2,1H3,(H2,16,18)/t9-/m1/s1. The molecule has 0 aliphatic rings. The molecule has 0 amide bonds. The Balaban J connectivity index is 2.03. The monoisotopic (exact) mass is 293 g/mol. The molecule has 1 aromatic carbocycles. The molecule has 0 spiro atoms. The summed E-state index contributed by atoms with van der Waals surface area (Å²) < 4.78 is 13.9. The van der Waals surface area contributed by atoms with Gasteiger partial charge in [-0.1, -0.05) is 23.4 Å². The molecule has 6 heteroatoms. The normalized spacial score (nSPS) is 13.4. The van der Waals surface area contributed by atoms with Crippen molar-refractivity contribution >= 4 is 17.2 Å². The highest BCUT2D eigenvalue weighted by atomic mass is 32.1. The van der Waals surface area contributed by atoms with Crippen molar-refractivity contribution in [1.29, 1.82) is 0 Å². The van der Waals surface area contributed by atoms with E-state index in [0.717, 1.165) is 0 Å². The van der Waals surface area contributed by atoms with Crippen LogP contribution < -0.4 is 11.1 Å². The summed E-state index contributed by atoms with van der Waals surface area (Å²) in [6.07, 6.45) is 0. The minimum absolute atomic E-state index is 0.102. The predicted octanol–water partition coefficient (Wildman–Crippen LogP) is 2.83. The average Bonchev–Trinajstić information content (AvgIpc) is 2.99. The Morgan fingerprint density at radius 3 is 2.90 bits per heavy atom. The summed E-state index contributed by atoms with van der Waals surface area (Å²) in [5.41, 5.74) is 6.32. The molecule has 0 bridgehead atoms. The minimum Gasteiger partial charge on any atom is -0.409 e. The number of nitrogens with two attached hydrogens (primary N) is 1. The Labute approximate surface area is 120 Å². The summed E-state index contributed by atoms with van der Waals surface area (Å²) >= 11 is 1.66. The zero-order chi connectivity index (χ0) is 14.5. The van der Waals surface area contributed by atoms with E-state index in [1.54, 1.807) is 23.5 Å². The number of halogens is 1. The molecule has 0 radical (unpaired) electrons. The van der Waals surface area contributed by atoms with E-state index < -0.39 is 0 Å². The minimum atomic E-state index is -0.375. The lowest BCUT2D eigenvalue weighted by Gasteiger charge is -2.13. The van der Waals surface area contributed by atoms with Crippen LogP contribution in [-0.4, -0.2) is 11.0 Å². The molecule has 1 atom stereocenters. The summed E-state index contributed by atoms with van der Waals surface area (Å²) in [4.78, 5) is 1.21. The second-order valence-electron chi connectivity index (χ2n) is 4.41. The summed E-state index contributed by atoms with van der Waals surface area (Å²) in [7, 11) is 0. The van der Waals surface area contributed by atoms with Gasteiger partial charge in [0.05, 0.1) is 0 Å². The molecule has 0 saturated carbocycles. The lowest BCUT2D eigenvalue weighted by Crippen LogP contribution is -2.19. The van der Waals surface area contributed by atoms with Crippen molar-refractivity contribution in [2.24, 2.45) is 10.9 Å². The van der Waals surface area contributed by atoms with Gasteiger partial charge in [-0.3, -0.25) is 0 Å². The maximum absolute atomic E-state index is 13.9. The zero-order valence-corrected chi connectivity index (χ0v) is 11.8. The molecule has 2 aromatic rings. The molecule has 1 heterocycles. The number of hydrogen-bond acceptors (Lipinski definition) is 4. The summed E-state index contributed by atoms with van der Waals surface area (Å²) in [6.45, 7) is 2.45. The van der Waals surface area contributed by atoms with Crippen LogP contribution in [0.15, 0.2) is 40.9 Å². The first-order valence-corrected chi connectivity index (χ1v) is 7.03. The number of oxime groups is 1. The molecular formula is C14H16FN3OS. The van der Waals surface area contributed by atoms with Crippen molar-refractivity contribution in [3.8, 4) is 0 Å². The smallest absolute Gasteiger partial charge is 0.170 e. The fourth-order valence-electron chi connectivity index (χ4n) is 1.81. The number of nitrogens with one attached hydrogen (secondary N) is 1. The molecule has 4 N–H and O–H groups in total. The Hall–Kier alpha value is -1.92. The first-order chi connectivity index (χ1) is 9.61. The van der Waals surface area contributed by atoms with E-state index in [0.29, 0.717) is 17.7 Å². The SMILES string of the molecule is C[C@@H](NCc1ccc(/C(N)=N/O)cc1F)c1cccs1. The van der Waals surface area contributed by atoms with E-state index in [-0.39, 0.29) is 17.7 Å². The van der Waals surface area contributed by atoms with Gasteiger partial charge in [-0.2, -0.15) is 0 Å². The van der Waals surface area contributed by atoms with E-state index >= 15 is 0 Å². The number of amidine groups is 1. The van der Waals surface area contributed by atoms with Crippen LogP contribution >= 0.6 is 11.3 Å². The highest BCUT2D eigenvalue weighted by molar-refractivity contribution is 7.10. The van der Waals surface area contributed by atoms with E-state index in [1.165, 1.54) is 10.9 Å². The second kappa shape index (κ2) is 6.49. The van der Waals surface area contributed by atoms with Crippen LogP contribution in [0.4, 0.5) is 4.39 Å². The second-order valence-corrected chi connectivity index (χ2v) is 5.39. The lowest BCUT2D eigenvalue weighted by atomic mass is 10.1. The first-order valence-electron chi connectivity index (χ1n) is 6.15. The highest BCUT2D eigenvalue weighted by Crippen LogP contribution is 2.19. The first kappa shape index (κ1) is 14.5. The zero-order valence-electron chi connectivity index (χ0n) is 11.0. The maximum Gasteiger partial charge on any atom is 0.170 e. The van der Waals surface area contributed by atoms with Crippen molar-refractivity contribution in [2.45, 2.75) is 19.5 Å². The average molecular weight is 293 g/mol. The fraction of sp³-hybridized carbons (Fsp3) is 0.214. The topological polar surface area (TPSA) is 70.6 Å². The van der Waals surface area contributed by atoms with Crippen LogP contribution in [0.2, 0.25) is 0 Å². The molecule has 0 fully saturated rings. The van der Waals surface area contributed by atoms with Gasteiger partial charge < -0.3 is 16.3 Å². The van der Waals surface area contributed by atoms with Crippen molar-refractivity contribution in [1.82, 2.24) is 5.32 Å². The van der Waals surface area contributed by atoms with E-state index in [2.05, 4.69) is 10.5 Å². The molecule has 0 saturated heterocycles. The van der Waals surface area contributed by atoms with Crippen LogP contribution in [0.25, 0.3) is 0 Å². The summed E-state index contributed by atoms with van der Waals surface area (Å²) in [5.74, 6) is -0.477. The molecule has 20 heavy (non-hydrogen) atoms. The van der Waals surface area contributed by atoms with Gasteiger partial charge in [0, 0.05) is 28.6 Å². The number of thiophene rings is 1. The number of hydrogen-bond donors (Lipinski definition) is 3. The number of rotatable bonds is 5. The quantitative estimate of drug-likeness (QED) is 0.343. The summed E-state index contributed by atoms with van der Waals surface area (Å²) in [5, 5.41) is 16.7. The molecule has 2 rings (SSSR count). The van der Waals surface area contributed by atoms with Crippen LogP contribution in [0.3, 0.4) is 0 Å². The Bertz CT molecular complexity index is 598. The van der Waals surface area contributed by atoms with Gasteiger partial charge >= 0.3 is 0 Å². The third kappa shape index (κ3) is 3.34. The lowest BCUT2D eigenvalue weighted by molar-refractivity contribution is 0.318. The van der Waals surface area contributed by atoms with Gasteiger partial charge in [0.1, 0.15) is 5.82 Å². The highest BCUT2D eigenvalue weighted by Gasteiger charge is 2.09. The third-order valence-electron chi connectivity index (χ3n) is 3.03. The number of nitrogens with zero attached hydrogens (tertiary/aromatic N) is 1. The largest absolute Gasteiger partial charge is 0.409 e. The summed E-state index contributed by atoms with van der Waals surface area (Å²) in [6, 6.07) is 8.73. The molecule has 0 unspecified atom stereocenters. The molecule has 1 aromatic heterocycles. The Morgan fingerprint density at radius 2 is 2.30 bits per heavy atom. The van der Waals surface area contributed by atoms with Crippen molar-refractivity contribution in [3.05, 3.63) is 57.5 Å². The molecular weight excluding hydrogens is 277 g/mol. The van der Waals surface area contributed by atoms with Gasteiger partial charge in [-0.15, -0.1) is 11.3 Å². The number of benzene rings is 1. The van der Waals surface area contributed by atoms with Crippen LogP contribution in [-0.2, 0) is 6.54 Å². The fourth-order valence-corrected chi connectivity index (χ4v) is 2.57. The van der Waals surface area contributed by atoms with Crippen LogP contribution in [0, 0.1) is 5.82 Å².